The third-order valence-corrected chi connectivity index (χ3v) is 3.58. The summed E-state index contributed by atoms with van der Waals surface area (Å²) >= 11 is 0. The number of hydrogen-bond donors (Lipinski definition) is 1. The van der Waals surface area contributed by atoms with E-state index < -0.39 is 5.97 Å². The second-order valence-corrected chi connectivity index (χ2v) is 5.50. The molecule has 0 saturated heterocycles. The molecule has 0 aliphatic carbocycles. The number of nitrogens with zero attached hydrogens (tertiary/aromatic N) is 1. The molecule has 0 aliphatic heterocycles. The van der Waals surface area contributed by atoms with Gasteiger partial charge >= 0.3 is 18.5 Å². The number of ether oxygens (including phenoxy) is 1. The zero-order chi connectivity index (χ0) is 20.0. The van der Waals surface area contributed by atoms with Crippen molar-refractivity contribution in [1.82, 2.24) is 0 Å². The van der Waals surface area contributed by atoms with Crippen molar-refractivity contribution < 1.29 is 13.9 Å². The van der Waals surface area contributed by atoms with E-state index in [1.165, 1.54) is 0 Å². The Morgan fingerprint density at radius 3 is 1.75 bits per heavy atom. The Morgan fingerprint density at radius 2 is 1.39 bits per heavy atom. The Kier molecular flexibility index (Phi) is 8.65. The molecule has 0 bridgehead atoms. The summed E-state index contributed by atoms with van der Waals surface area (Å²) in [6.45, 7) is 0.303. The van der Waals surface area contributed by atoms with E-state index in [1.54, 1.807) is 12.5 Å². The lowest BCUT2D eigenvalue weighted by atomic mass is 9.93. The van der Waals surface area contributed by atoms with Crippen LogP contribution < -0.4 is 5.73 Å². The molecule has 0 spiro atoms. The van der Waals surface area contributed by atoms with Crippen molar-refractivity contribution in [2.24, 2.45) is 5.73 Å². The lowest BCUT2D eigenvalue weighted by Crippen LogP contribution is -2.15. The van der Waals surface area contributed by atoms with Gasteiger partial charge in [-0.15, -0.1) is 0 Å². The van der Waals surface area contributed by atoms with Crippen LogP contribution in [-0.4, -0.2) is 19.1 Å². The van der Waals surface area contributed by atoms with Crippen LogP contribution in [0.15, 0.2) is 101 Å². The minimum atomic E-state index is -0.657. The first-order valence-electron chi connectivity index (χ1n) is 8.70. The molecule has 2 aromatic carbocycles. The van der Waals surface area contributed by atoms with Gasteiger partial charge in [-0.3, -0.25) is 0 Å². The summed E-state index contributed by atoms with van der Waals surface area (Å²) in [6.07, 6.45) is 3.25. The maximum Gasteiger partial charge on any atom is 0.349 e. The van der Waals surface area contributed by atoms with E-state index in [0.29, 0.717) is 5.57 Å². The van der Waals surface area contributed by atoms with Crippen molar-refractivity contribution in [3.8, 4) is 6.07 Å². The van der Waals surface area contributed by atoms with E-state index in [1.807, 2.05) is 84.9 Å². The summed E-state index contributed by atoms with van der Waals surface area (Å²) in [5.41, 5.74) is 7.45. The highest BCUT2D eigenvalue weighted by Gasteiger charge is 2.19. The third-order valence-electron chi connectivity index (χ3n) is 3.58. The van der Waals surface area contributed by atoms with E-state index in [9.17, 15) is 10.1 Å². The molecule has 3 aromatic rings. The van der Waals surface area contributed by atoms with E-state index in [0.717, 1.165) is 11.1 Å². The van der Waals surface area contributed by atoms with Gasteiger partial charge in [0.15, 0.2) is 0 Å². The van der Waals surface area contributed by atoms with Crippen molar-refractivity contribution >= 4 is 11.5 Å². The number of benzene rings is 2. The van der Waals surface area contributed by atoms with Crippen molar-refractivity contribution in [2.75, 3.05) is 13.2 Å². The van der Waals surface area contributed by atoms with Crippen LogP contribution in [0.5, 0.6) is 0 Å². The molecule has 5 nitrogen and oxygen atoms in total. The van der Waals surface area contributed by atoms with Gasteiger partial charge in [-0.2, -0.15) is 5.26 Å². The summed E-state index contributed by atoms with van der Waals surface area (Å²) in [7, 11) is 0. The van der Waals surface area contributed by atoms with Crippen LogP contribution in [0.25, 0.3) is 5.57 Å². The van der Waals surface area contributed by atoms with Gasteiger partial charge in [-0.1, -0.05) is 60.7 Å². The zero-order valence-electron chi connectivity index (χ0n) is 15.3. The minimum Gasteiger partial charge on any atom is -0.460 e. The number of nitriles is 1. The first-order chi connectivity index (χ1) is 13.8. The Morgan fingerprint density at radius 1 is 0.893 bits per heavy atom. The van der Waals surface area contributed by atoms with E-state index >= 15 is 0 Å². The second-order valence-electron chi connectivity index (χ2n) is 5.50. The second kappa shape index (κ2) is 11.8. The molecule has 0 unspecified atom stereocenters. The first-order valence-corrected chi connectivity index (χ1v) is 8.70. The molecule has 1 heterocycles. The van der Waals surface area contributed by atoms with Crippen molar-refractivity contribution in [1.29, 1.82) is 5.26 Å². The van der Waals surface area contributed by atoms with Crippen LogP contribution >= 0.6 is 0 Å². The third kappa shape index (κ3) is 6.20. The SMILES string of the molecule is N#CC(C(=O)OCCN)=C(c1ccccc1)c1ccccc1.c1cc[o+]cc1. The number of nitrogens with two attached hydrogens (primary N) is 1. The van der Waals surface area contributed by atoms with Gasteiger partial charge in [0.05, 0.1) is 0 Å². The van der Waals surface area contributed by atoms with E-state index in [4.69, 9.17) is 10.5 Å². The van der Waals surface area contributed by atoms with Gasteiger partial charge < -0.3 is 10.5 Å². The smallest absolute Gasteiger partial charge is 0.349 e. The van der Waals surface area contributed by atoms with Gasteiger partial charge in [0.25, 0.3) is 0 Å². The highest BCUT2D eigenvalue weighted by molar-refractivity contribution is 6.05. The molecule has 0 fully saturated rings. The average Bonchev–Trinajstić information content (AvgIpc) is 2.78. The lowest BCUT2D eigenvalue weighted by Gasteiger charge is -2.11. The molecular formula is C23H21N2O3+. The zero-order valence-corrected chi connectivity index (χ0v) is 15.3. The fourth-order valence-corrected chi connectivity index (χ4v) is 2.38. The van der Waals surface area contributed by atoms with Crippen LogP contribution in [0, 0.1) is 11.3 Å². The molecule has 0 amide bonds. The number of hydrogen-bond acceptors (Lipinski definition) is 4. The van der Waals surface area contributed by atoms with E-state index in [2.05, 4.69) is 4.42 Å². The molecule has 0 aliphatic rings. The first kappa shape index (κ1) is 20.6. The fourth-order valence-electron chi connectivity index (χ4n) is 2.38. The summed E-state index contributed by atoms with van der Waals surface area (Å²) in [5, 5.41) is 9.45. The molecule has 0 saturated carbocycles. The molecule has 2 N–H and O–H groups in total. The summed E-state index contributed by atoms with van der Waals surface area (Å²) < 4.78 is 9.70. The topological polar surface area (TPSA) is 87.4 Å². The van der Waals surface area contributed by atoms with Crippen LogP contribution in [0.4, 0.5) is 0 Å². The lowest BCUT2D eigenvalue weighted by molar-refractivity contribution is -0.138. The predicted octanol–water partition coefficient (Wildman–Crippen LogP) is 4.07. The molecule has 0 radical (unpaired) electrons. The van der Waals surface area contributed by atoms with Crippen LogP contribution in [-0.2, 0) is 9.53 Å². The summed E-state index contributed by atoms with van der Waals surface area (Å²) in [4.78, 5) is 12.2. The maximum atomic E-state index is 12.2. The standard InChI is InChI=1S/C18H16N2O2.C5H5O/c19-11-12-22-18(21)16(13-20)17(14-7-3-1-4-8-14)15-9-5-2-6-10-15;1-2-4-6-5-3-1/h1-10H,11-12,19H2;1-5H/q;+1. The average molecular weight is 373 g/mol. The number of carbonyl (C=O) groups excluding carboxylic acids is 1. The van der Waals surface area contributed by atoms with Gasteiger partial charge in [0.1, 0.15) is 18.2 Å². The minimum absolute atomic E-state index is 0.0224. The molecule has 1 aromatic heterocycles. The molecule has 3 rings (SSSR count). The normalized spacial score (nSPS) is 9.29. The summed E-state index contributed by atoms with van der Waals surface area (Å²) in [5.74, 6) is -0.657. The van der Waals surface area contributed by atoms with E-state index in [-0.39, 0.29) is 18.7 Å². The predicted molar refractivity (Wildman–Crippen MR) is 108 cm³/mol. The number of carbonyl (C=O) groups is 1. The summed E-state index contributed by atoms with van der Waals surface area (Å²) in [6, 6.07) is 26.2. The van der Waals surface area contributed by atoms with Crippen molar-refractivity contribution in [3.63, 3.8) is 0 Å². The van der Waals surface area contributed by atoms with Crippen LogP contribution in [0.1, 0.15) is 11.1 Å². The van der Waals surface area contributed by atoms with Gasteiger partial charge in [-0.25, -0.2) is 9.21 Å². The fraction of sp³-hybridized carbons (Fsp3) is 0.0870. The Balaban J connectivity index is 0.000000397. The quantitative estimate of drug-likeness (QED) is 0.315. The van der Waals surface area contributed by atoms with Gasteiger partial charge in [0, 0.05) is 24.3 Å². The Hall–Kier alpha value is -3.75. The van der Waals surface area contributed by atoms with Gasteiger partial charge in [0.2, 0.25) is 0 Å². The highest BCUT2D eigenvalue weighted by atomic mass is 16.5. The molecular weight excluding hydrogens is 352 g/mol. The monoisotopic (exact) mass is 373 g/mol. The number of esters is 1. The maximum absolute atomic E-state index is 12.2. The highest BCUT2D eigenvalue weighted by Crippen LogP contribution is 2.27. The Labute approximate surface area is 164 Å². The van der Waals surface area contributed by atoms with Crippen molar-refractivity contribution in [3.05, 3.63) is 108 Å². The van der Waals surface area contributed by atoms with Crippen LogP contribution in [0.3, 0.4) is 0 Å². The Bertz CT molecular complexity index is 850. The molecule has 28 heavy (non-hydrogen) atoms. The molecule has 0 atom stereocenters. The number of rotatable bonds is 5. The molecule has 140 valence electrons. The van der Waals surface area contributed by atoms with Crippen LogP contribution in [0.2, 0.25) is 0 Å². The van der Waals surface area contributed by atoms with Crippen molar-refractivity contribution in [2.45, 2.75) is 0 Å². The largest absolute Gasteiger partial charge is 0.460 e. The molecule has 5 heteroatoms. The van der Waals surface area contributed by atoms with Gasteiger partial charge in [-0.05, 0) is 17.2 Å².